The molecule has 0 spiro atoms. The molecule has 0 aromatic heterocycles. The van der Waals surface area contributed by atoms with Crippen molar-refractivity contribution in [2.45, 2.75) is 70.1 Å². The number of benzene rings is 2. The van der Waals surface area contributed by atoms with Crippen LogP contribution in [0.15, 0.2) is 54.6 Å². The average Bonchev–Trinajstić information content (AvgIpc) is 2.79. The van der Waals surface area contributed by atoms with Gasteiger partial charge in [-0.15, -0.1) is 5.54 Å². The summed E-state index contributed by atoms with van der Waals surface area (Å²) in [5.41, 5.74) is 4.19. The van der Waals surface area contributed by atoms with Crippen molar-refractivity contribution in [2.24, 2.45) is 0 Å². The smallest absolute Gasteiger partial charge is 0.257 e. The molecule has 7 heteroatoms. The highest BCUT2D eigenvalue weighted by Gasteiger charge is 2.43. The summed E-state index contributed by atoms with van der Waals surface area (Å²) in [5, 5.41) is 15.9. The van der Waals surface area contributed by atoms with E-state index in [1.54, 1.807) is 42.5 Å². The van der Waals surface area contributed by atoms with Crippen LogP contribution in [0, 0.1) is 17.3 Å². The topological polar surface area (TPSA) is 61.4 Å². The predicted molar refractivity (Wildman–Crippen MR) is 148 cm³/mol. The largest absolute Gasteiger partial charge is 0.396 e. The van der Waals surface area contributed by atoms with Gasteiger partial charge in [0.2, 0.25) is 0 Å². The highest BCUT2D eigenvalue weighted by molar-refractivity contribution is 7.80. The van der Waals surface area contributed by atoms with Crippen molar-refractivity contribution in [1.29, 1.82) is 0 Å². The van der Waals surface area contributed by atoms with Gasteiger partial charge in [0.25, 0.3) is 5.91 Å². The lowest BCUT2D eigenvalue weighted by molar-refractivity contribution is 0.0976. The highest BCUT2D eigenvalue weighted by Crippen LogP contribution is 2.41. The summed E-state index contributed by atoms with van der Waals surface area (Å²) in [5.74, 6) is 2.55. The van der Waals surface area contributed by atoms with E-state index in [4.69, 9.17) is 12.2 Å². The monoisotopic (exact) mass is 512 g/mol. The maximum atomic E-state index is 15.2. The minimum Gasteiger partial charge on any atom is -0.396 e. The number of thiocarbonyl (C=S) groups is 1. The van der Waals surface area contributed by atoms with Gasteiger partial charge in [-0.2, -0.15) is 0 Å². The van der Waals surface area contributed by atoms with E-state index in [1.165, 1.54) is 6.07 Å². The molecule has 0 unspecified atom stereocenters. The van der Waals surface area contributed by atoms with Crippen molar-refractivity contribution in [3.8, 4) is 11.5 Å². The second-order valence-electron chi connectivity index (χ2n) is 9.78. The second-order valence-corrected chi connectivity index (χ2v) is 15.8. The van der Waals surface area contributed by atoms with Crippen LogP contribution in [0.4, 0.5) is 4.39 Å². The number of halogens is 1. The first-order valence-corrected chi connectivity index (χ1v) is 14.7. The summed E-state index contributed by atoms with van der Waals surface area (Å²) < 4.78 is 15.2. The zero-order chi connectivity index (χ0) is 26.2. The molecule has 2 aromatic carbocycles. The molecule has 1 atom stereocenters. The van der Waals surface area contributed by atoms with Gasteiger partial charge in [-0.05, 0) is 47.0 Å². The van der Waals surface area contributed by atoms with Crippen LogP contribution in [0.25, 0.3) is 0 Å². The molecule has 0 radical (unpaired) electrons. The molecule has 2 rings (SSSR count). The molecule has 0 aliphatic heterocycles. The van der Waals surface area contributed by atoms with Gasteiger partial charge < -0.3 is 10.4 Å². The maximum absolute atomic E-state index is 15.2. The molecule has 0 fully saturated rings. The number of nitrogens with one attached hydrogen (secondary N) is 2. The minimum atomic E-state index is -2.19. The lowest BCUT2D eigenvalue weighted by atomic mass is 9.87. The van der Waals surface area contributed by atoms with Crippen LogP contribution < -0.4 is 10.6 Å². The molecule has 1 amide bonds. The molecule has 0 saturated carbocycles. The number of amides is 1. The Balaban J connectivity index is 2.61. The van der Waals surface area contributed by atoms with Crippen molar-refractivity contribution in [1.82, 2.24) is 10.6 Å². The molecule has 0 aliphatic carbocycles. The Labute approximate surface area is 215 Å². The van der Waals surface area contributed by atoms with Crippen molar-refractivity contribution >= 4 is 31.3 Å². The number of aliphatic hydroxyl groups is 1. The van der Waals surface area contributed by atoms with Crippen LogP contribution in [0.2, 0.25) is 16.6 Å². The number of hydrogen-bond donors (Lipinski definition) is 3. The van der Waals surface area contributed by atoms with Gasteiger partial charge in [-0.25, -0.2) is 4.39 Å². The van der Waals surface area contributed by atoms with E-state index in [0.717, 1.165) is 0 Å². The van der Waals surface area contributed by atoms with Crippen molar-refractivity contribution in [3.05, 3.63) is 71.5 Å². The lowest BCUT2D eigenvalue weighted by Crippen LogP contribution is -2.52. The van der Waals surface area contributed by atoms with E-state index >= 15 is 4.39 Å². The standard InChI is InChI=1S/C28H37FN2O2SSi/c1-20(2)35(21(3)4,22(5)6)19-17-28(16-18-32,24-14-10-11-15-25(24)29)31-27(34)30-26(33)23-12-8-7-9-13-23/h7-15,20-22,32H,16,18H2,1-6H3,(H2,30,31,33,34)/t28-/m1/s1. The Morgan fingerprint density at radius 1 is 1.00 bits per heavy atom. The second kappa shape index (κ2) is 12.4. The maximum Gasteiger partial charge on any atom is 0.257 e. The van der Waals surface area contributed by atoms with Crippen LogP contribution in [-0.2, 0) is 5.54 Å². The van der Waals surface area contributed by atoms with Crippen molar-refractivity contribution in [3.63, 3.8) is 0 Å². The first-order valence-electron chi connectivity index (χ1n) is 12.1. The fourth-order valence-electron chi connectivity index (χ4n) is 5.04. The zero-order valence-corrected chi connectivity index (χ0v) is 23.3. The van der Waals surface area contributed by atoms with Crippen LogP contribution >= 0.6 is 12.2 Å². The van der Waals surface area contributed by atoms with Gasteiger partial charge in [-0.1, -0.05) is 83.9 Å². The molecule has 0 saturated heterocycles. The van der Waals surface area contributed by atoms with Gasteiger partial charge in [0.15, 0.2) is 5.11 Å². The average molecular weight is 513 g/mol. The molecule has 2 aromatic rings. The van der Waals surface area contributed by atoms with E-state index in [0.29, 0.717) is 22.2 Å². The van der Waals surface area contributed by atoms with E-state index in [2.05, 4.69) is 63.6 Å². The number of carbonyl (C=O) groups is 1. The quantitative estimate of drug-likeness (QED) is 0.233. The minimum absolute atomic E-state index is 0.0239. The Morgan fingerprint density at radius 3 is 2.06 bits per heavy atom. The predicted octanol–water partition coefficient (Wildman–Crippen LogP) is 5.93. The van der Waals surface area contributed by atoms with E-state index in [1.807, 2.05) is 6.07 Å². The molecule has 4 nitrogen and oxygen atoms in total. The summed E-state index contributed by atoms with van der Waals surface area (Å²) in [7, 11) is -2.19. The summed E-state index contributed by atoms with van der Waals surface area (Å²) in [6, 6.07) is 15.1. The molecule has 0 bridgehead atoms. The Morgan fingerprint density at radius 2 is 1.54 bits per heavy atom. The third-order valence-corrected chi connectivity index (χ3v) is 13.3. The Hall–Kier alpha value is -2.53. The molecular weight excluding hydrogens is 475 g/mol. The number of rotatable bonds is 8. The van der Waals surface area contributed by atoms with Crippen LogP contribution in [-0.4, -0.2) is 30.8 Å². The van der Waals surface area contributed by atoms with E-state index < -0.39 is 19.4 Å². The third kappa shape index (κ3) is 6.57. The summed E-state index contributed by atoms with van der Waals surface area (Å²) >= 11 is 5.49. The fraction of sp³-hybridized carbons (Fsp3) is 0.429. The van der Waals surface area contributed by atoms with Crippen LogP contribution in [0.1, 0.15) is 63.9 Å². The fourth-order valence-corrected chi connectivity index (χ4v) is 10.6. The van der Waals surface area contributed by atoms with Crippen LogP contribution in [0.5, 0.6) is 0 Å². The SMILES string of the molecule is CC(C)[Si](C#C[C@@](CCO)(NC(=S)NC(=O)c1ccccc1)c1ccccc1F)(C(C)C)C(C)C. The molecule has 188 valence electrons. The Bertz CT molecular complexity index is 1060. The van der Waals surface area contributed by atoms with E-state index in [-0.39, 0.29) is 29.6 Å². The molecule has 0 heterocycles. The third-order valence-electron chi connectivity index (χ3n) is 6.77. The highest BCUT2D eigenvalue weighted by atomic mass is 32.1. The number of carbonyl (C=O) groups excluding carboxylic acids is 1. The molecular formula is C28H37FN2O2SSi. The van der Waals surface area contributed by atoms with Gasteiger partial charge in [0.1, 0.15) is 19.4 Å². The van der Waals surface area contributed by atoms with Crippen LogP contribution in [0.3, 0.4) is 0 Å². The van der Waals surface area contributed by atoms with Gasteiger partial charge >= 0.3 is 0 Å². The number of hydrogen-bond acceptors (Lipinski definition) is 3. The summed E-state index contributed by atoms with van der Waals surface area (Å²) in [4.78, 5) is 12.7. The number of aliphatic hydroxyl groups excluding tert-OH is 1. The molecule has 35 heavy (non-hydrogen) atoms. The molecule has 0 aliphatic rings. The summed E-state index contributed by atoms with van der Waals surface area (Å²) in [6.07, 6.45) is 0.0983. The zero-order valence-electron chi connectivity index (χ0n) is 21.5. The van der Waals surface area contributed by atoms with Crippen molar-refractivity contribution < 1.29 is 14.3 Å². The first kappa shape index (κ1) is 28.7. The van der Waals surface area contributed by atoms with Gasteiger partial charge in [0, 0.05) is 24.2 Å². The van der Waals surface area contributed by atoms with Gasteiger partial charge in [-0.3, -0.25) is 10.1 Å². The van der Waals surface area contributed by atoms with Gasteiger partial charge in [0.05, 0.1) is 0 Å². The molecule has 3 N–H and O–H groups in total. The van der Waals surface area contributed by atoms with E-state index in [9.17, 15) is 9.90 Å². The Kier molecular flexibility index (Phi) is 10.2. The lowest BCUT2D eigenvalue weighted by Gasteiger charge is -2.39. The summed E-state index contributed by atoms with van der Waals surface area (Å²) in [6.45, 7) is 13.0. The first-order chi connectivity index (χ1) is 16.5. The van der Waals surface area contributed by atoms with Crippen molar-refractivity contribution in [2.75, 3.05) is 6.61 Å². The normalized spacial score (nSPS) is 13.2.